The van der Waals surface area contributed by atoms with Gasteiger partial charge in [0.05, 0.1) is 23.7 Å². The molecule has 32 heavy (non-hydrogen) atoms. The van der Waals surface area contributed by atoms with Crippen LogP contribution in [0.4, 0.5) is 5.13 Å². The Morgan fingerprint density at radius 1 is 1.16 bits per heavy atom. The Morgan fingerprint density at radius 3 is 2.62 bits per heavy atom. The summed E-state index contributed by atoms with van der Waals surface area (Å²) in [5.74, 6) is -0.201. The smallest absolute Gasteiger partial charge is 0.350 e. The van der Waals surface area contributed by atoms with E-state index in [1.165, 1.54) is 11.6 Å². The van der Waals surface area contributed by atoms with Gasteiger partial charge in [-0.25, -0.2) is 14.8 Å². The third-order valence-electron chi connectivity index (χ3n) is 4.02. The Balaban J connectivity index is 1.56. The zero-order chi connectivity index (χ0) is 23.1. The fourth-order valence-electron chi connectivity index (χ4n) is 2.54. The molecule has 0 saturated heterocycles. The molecule has 2 N–H and O–H groups in total. The molecule has 8 nitrogen and oxygen atoms in total. The van der Waals surface area contributed by atoms with Crippen LogP contribution in [-0.2, 0) is 15.3 Å². The number of hydrogen-bond acceptors (Lipinski definition) is 9. The van der Waals surface area contributed by atoms with Gasteiger partial charge in [-0.2, -0.15) is 0 Å². The maximum absolute atomic E-state index is 12.3. The summed E-state index contributed by atoms with van der Waals surface area (Å²) in [6.45, 7) is 5.70. The largest absolute Gasteiger partial charge is 0.462 e. The van der Waals surface area contributed by atoms with E-state index in [0.717, 1.165) is 28.0 Å². The summed E-state index contributed by atoms with van der Waals surface area (Å²) in [7, 11) is 0. The summed E-state index contributed by atoms with van der Waals surface area (Å²) in [6, 6.07) is 9.59. The molecule has 0 aliphatic carbocycles. The molecule has 11 heteroatoms. The lowest BCUT2D eigenvalue weighted by atomic mass is 10.2. The Labute approximate surface area is 197 Å². The molecule has 0 radical (unpaired) electrons. The number of nitrogens with one attached hydrogen (secondary N) is 2. The number of ether oxygens (including phenoxy) is 1. The van der Waals surface area contributed by atoms with Gasteiger partial charge >= 0.3 is 5.97 Å². The highest BCUT2D eigenvalue weighted by Crippen LogP contribution is 2.25. The number of thiazole rings is 1. The van der Waals surface area contributed by atoms with Crippen molar-refractivity contribution in [2.24, 2.45) is 0 Å². The average molecular weight is 491 g/mol. The first-order chi connectivity index (χ1) is 15.3. The predicted molar refractivity (Wildman–Crippen MR) is 128 cm³/mol. The van der Waals surface area contributed by atoms with Crippen molar-refractivity contribution in [3.8, 4) is 0 Å². The first-order valence-electron chi connectivity index (χ1n) is 9.71. The van der Waals surface area contributed by atoms with Crippen LogP contribution in [0.5, 0.6) is 0 Å². The van der Waals surface area contributed by atoms with Gasteiger partial charge in [0, 0.05) is 16.7 Å². The zero-order valence-electron chi connectivity index (χ0n) is 17.8. The molecule has 0 unspecified atom stereocenters. The lowest BCUT2D eigenvalue weighted by molar-refractivity contribution is -0.113. The summed E-state index contributed by atoms with van der Waals surface area (Å²) in [4.78, 5) is 48.9. The summed E-state index contributed by atoms with van der Waals surface area (Å²) in [6.07, 6.45) is 0. The second kappa shape index (κ2) is 11.3. The highest BCUT2D eigenvalue weighted by atomic mass is 32.2. The molecule has 3 rings (SSSR count). The molecule has 0 saturated carbocycles. The van der Waals surface area contributed by atoms with Gasteiger partial charge in [-0.15, -0.1) is 11.8 Å². The van der Waals surface area contributed by atoms with Crippen molar-refractivity contribution in [1.82, 2.24) is 15.0 Å². The molecule has 2 aromatic heterocycles. The van der Waals surface area contributed by atoms with E-state index < -0.39 is 5.97 Å². The number of esters is 1. The zero-order valence-corrected chi connectivity index (χ0v) is 20.2. The van der Waals surface area contributed by atoms with Gasteiger partial charge in [0.1, 0.15) is 4.88 Å². The van der Waals surface area contributed by atoms with E-state index in [4.69, 9.17) is 4.74 Å². The van der Waals surface area contributed by atoms with Crippen LogP contribution in [0, 0.1) is 13.8 Å². The molecule has 0 fully saturated rings. The van der Waals surface area contributed by atoms with E-state index >= 15 is 0 Å². The van der Waals surface area contributed by atoms with E-state index in [9.17, 15) is 14.4 Å². The van der Waals surface area contributed by atoms with E-state index in [2.05, 4.69) is 20.3 Å². The minimum atomic E-state index is -0.459. The lowest BCUT2D eigenvalue weighted by Crippen LogP contribution is -2.15. The third kappa shape index (κ3) is 6.94. The SMILES string of the molecule is CCOC(=O)c1sc(NC(=O)CSc2nc(CSc3ccc(C)cc3)cc(=O)[nH]2)nc1C. The topological polar surface area (TPSA) is 114 Å². The molecule has 0 spiro atoms. The number of aromatic nitrogens is 3. The number of anilines is 1. The molecular formula is C21H22N4O4S3. The normalized spacial score (nSPS) is 10.7. The van der Waals surface area contributed by atoms with Crippen molar-refractivity contribution in [3.63, 3.8) is 0 Å². The quantitative estimate of drug-likeness (QED) is 0.262. The number of rotatable bonds is 9. The number of aromatic amines is 1. The number of nitrogens with zero attached hydrogens (tertiary/aromatic N) is 2. The van der Waals surface area contributed by atoms with Crippen LogP contribution >= 0.6 is 34.9 Å². The van der Waals surface area contributed by atoms with Gasteiger partial charge < -0.3 is 15.0 Å². The Kier molecular flexibility index (Phi) is 8.48. The van der Waals surface area contributed by atoms with E-state index in [1.807, 2.05) is 31.2 Å². The number of carbonyl (C=O) groups is 2. The first kappa shape index (κ1) is 24.0. The maximum atomic E-state index is 12.3. The van der Waals surface area contributed by atoms with Gasteiger partial charge in [-0.3, -0.25) is 9.59 Å². The third-order valence-corrected chi connectivity index (χ3v) is 7.00. The summed E-state index contributed by atoms with van der Waals surface area (Å²) >= 11 is 3.77. The average Bonchev–Trinajstić information content (AvgIpc) is 3.12. The van der Waals surface area contributed by atoms with Crippen LogP contribution in [-0.4, -0.2) is 39.2 Å². The summed E-state index contributed by atoms with van der Waals surface area (Å²) in [5, 5.41) is 3.36. The molecule has 1 aromatic carbocycles. The van der Waals surface area contributed by atoms with Crippen LogP contribution in [0.2, 0.25) is 0 Å². The summed E-state index contributed by atoms with van der Waals surface area (Å²) < 4.78 is 4.98. The molecular weight excluding hydrogens is 468 g/mol. The monoisotopic (exact) mass is 490 g/mol. The number of H-pyrrole nitrogens is 1. The Morgan fingerprint density at radius 2 is 1.91 bits per heavy atom. The first-order valence-corrected chi connectivity index (χ1v) is 12.5. The molecule has 0 bridgehead atoms. The fourth-order valence-corrected chi connectivity index (χ4v) is 4.90. The molecule has 168 valence electrons. The van der Waals surface area contributed by atoms with Gasteiger partial charge in [0.15, 0.2) is 10.3 Å². The number of hydrogen-bond donors (Lipinski definition) is 2. The van der Waals surface area contributed by atoms with Crippen LogP contribution in [0.25, 0.3) is 0 Å². The second-order valence-electron chi connectivity index (χ2n) is 6.63. The van der Waals surface area contributed by atoms with Crippen molar-refractivity contribution in [2.75, 3.05) is 17.7 Å². The van der Waals surface area contributed by atoms with Gasteiger partial charge in [-0.1, -0.05) is 40.8 Å². The molecule has 3 aromatic rings. The fraction of sp³-hybridized carbons (Fsp3) is 0.286. The number of amides is 1. The Hall–Kier alpha value is -2.63. The lowest BCUT2D eigenvalue weighted by Gasteiger charge is -2.05. The number of thioether (sulfide) groups is 2. The minimum absolute atomic E-state index is 0.0326. The van der Waals surface area contributed by atoms with Gasteiger partial charge in [0.2, 0.25) is 5.91 Å². The van der Waals surface area contributed by atoms with Crippen LogP contribution in [0.3, 0.4) is 0 Å². The number of carbonyl (C=O) groups excluding carboxylic acids is 2. The second-order valence-corrected chi connectivity index (χ2v) is 9.65. The van der Waals surface area contributed by atoms with Gasteiger partial charge in [0.25, 0.3) is 5.56 Å². The van der Waals surface area contributed by atoms with Crippen LogP contribution < -0.4 is 10.9 Å². The maximum Gasteiger partial charge on any atom is 0.350 e. The number of aryl methyl sites for hydroxylation is 2. The van der Waals surface area contributed by atoms with Gasteiger partial charge in [-0.05, 0) is 32.9 Å². The highest BCUT2D eigenvalue weighted by molar-refractivity contribution is 7.99. The summed E-state index contributed by atoms with van der Waals surface area (Å²) in [5.41, 5.74) is 2.06. The highest BCUT2D eigenvalue weighted by Gasteiger charge is 2.17. The van der Waals surface area contributed by atoms with Crippen molar-refractivity contribution >= 4 is 51.9 Å². The standard InChI is InChI=1S/C21H22N4O4S3/c1-4-29-19(28)18-13(3)22-21(32-18)25-17(27)11-31-20-23-14(9-16(26)24-20)10-30-15-7-5-12(2)6-8-15/h5-9H,4,10-11H2,1-3H3,(H,22,25,27)(H,23,24,26). The molecule has 2 heterocycles. The molecule has 1 amide bonds. The van der Waals surface area contributed by atoms with Crippen LogP contribution in [0.15, 0.2) is 45.2 Å². The van der Waals surface area contributed by atoms with E-state index in [-0.39, 0.29) is 23.8 Å². The van der Waals surface area contributed by atoms with Crippen LogP contribution in [0.1, 0.15) is 33.5 Å². The molecule has 0 aliphatic heterocycles. The molecule has 0 aliphatic rings. The Bertz CT molecular complexity index is 1160. The minimum Gasteiger partial charge on any atom is -0.462 e. The van der Waals surface area contributed by atoms with E-state index in [1.54, 1.807) is 25.6 Å². The van der Waals surface area contributed by atoms with Crippen molar-refractivity contribution in [1.29, 1.82) is 0 Å². The number of benzene rings is 1. The van der Waals surface area contributed by atoms with E-state index in [0.29, 0.717) is 32.3 Å². The molecule has 0 atom stereocenters. The predicted octanol–water partition coefficient (Wildman–Crippen LogP) is 4.04. The van der Waals surface area contributed by atoms with Crippen molar-refractivity contribution in [3.05, 3.63) is 62.5 Å². The van der Waals surface area contributed by atoms with Crippen molar-refractivity contribution < 1.29 is 14.3 Å². The van der Waals surface area contributed by atoms with Crippen molar-refractivity contribution in [2.45, 2.75) is 36.6 Å².